The van der Waals surface area contributed by atoms with Crippen LogP contribution in [-0.2, 0) is 55.5 Å². The van der Waals surface area contributed by atoms with Crippen LogP contribution in [0.3, 0.4) is 0 Å². The van der Waals surface area contributed by atoms with Crippen LogP contribution in [0.1, 0.15) is 0 Å². The minimum absolute atomic E-state index is 0. The van der Waals surface area contributed by atoms with Crippen molar-refractivity contribution in [2.24, 2.45) is 0 Å². The molecule has 0 fully saturated rings. The summed E-state index contributed by atoms with van der Waals surface area (Å²) in [5.74, 6) is 0. The van der Waals surface area contributed by atoms with Crippen LogP contribution in [0.5, 0.6) is 0 Å². The molecule has 0 aliphatic carbocycles. The Morgan fingerprint density at radius 3 is 1.00 bits per heavy atom. The molecular formula is BeCrMnMo. The van der Waals surface area contributed by atoms with Crippen molar-refractivity contribution in [3.63, 3.8) is 0 Å². The molecule has 3 radical (unpaired) electrons. The average molecular weight is 212 g/mol. The fourth-order valence-electron chi connectivity index (χ4n) is 0. The van der Waals surface area contributed by atoms with Gasteiger partial charge in [-0.05, 0) is 0 Å². The zero-order valence-corrected chi connectivity index (χ0v) is 6.36. The van der Waals surface area contributed by atoms with Gasteiger partial charge >= 0.3 is 0 Å². The maximum atomic E-state index is 0. The minimum atomic E-state index is 0. The van der Waals surface area contributed by atoms with Gasteiger partial charge in [-0.15, -0.1) is 0 Å². The summed E-state index contributed by atoms with van der Waals surface area (Å²) in [6, 6.07) is 0. The van der Waals surface area contributed by atoms with Crippen molar-refractivity contribution in [2.45, 2.75) is 0 Å². The first-order valence-electron chi connectivity index (χ1n) is 0. The van der Waals surface area contributed by atoms with Crippen LogP contribution in [0, 0.1) is 0 Å². The fraction of sp³-hybridized carbons (Fsp3) is 0. The molecule has 0 aliphatic rings. The van der Waals surface area contributed by atoms with E-state index in [1.54, 1.807) is 0 Å². The van der Waals surface area contributed by atoms with E-state index in [0.717, 1.165) is 0 Å². The Bertz CT molecular complexity index is 8.00. The molecule has 0 rings (SSSR count). The minimum Gasteiger partial charge on any atom is 0 e. The first-order valence-corrected chi connectivity index (χ1v) is 0. The zero-order chi connectivity index (χ0) is 0. The molecule has 0 aliphatic heterocycles. The van der Waals surface area contributed by atoms with E-state index in [9.17, 15) is 0 Å². The summed E-state index contributed by atoms with van der Waals surface area (Å²) in [5, 5.41) is 0. The summed E-state index contributed by atoms with van der Waals surface area (Å²) in [6.07, 6.45) is 0. The van der Waals surface area contributed by atoms with E-state index in [2.05, 4.69) is 0 Å². The molecule has 0 atom stereocenters. The number of hydrogen-bond acceptors (Lipinski definition) is 0. The molecule has 0 aromatic rings. The third-order valence-electron chi connectivity index (χ3n) is 0. The van der Waals surface area contributed by atoms with Crippen molar-refractivity contribution < 1.29 is 55.5 Å². The second-order valence-electron chi connectivity index (χ2n) is 0. The molecule has 0 spiro atoms. The van der Waals surface area contributed by atoms with Crippen LogP contribution >= 0.6 is 0 Å². The van der Waals surface area contributed by atoms with Crippen molar-refractivity contribution in [1.29, 1.82) is 0 Å². The van der Waals surface area contributed by atoms with Crippen LogP contribution in [0.4, 0.5) is 0 Å². The van der Waals surface area contributed by atoms with Gasteiger partial charge in [-0.25, -0.2) is 0 Å². The topological polar surface area (TPSA) is 0 Å². The molecule has 0 unspecified atom stereocenters. The Kier molecular flexibility index (Phi) is 201. The second kappa shape index (κ2) is 20.6. The third kappa shape index (κ3) is 9.08. The Hall–Kier alpha value is 1.91. The van der Waals surface area contributed by atoms with E-state index >= 15 is 0 Å². The van der Waals surface area contributed by atoms with Crippen LogP contribution in [-0.4, -0.2) is 10.1 Å². The smallest absolute Gasteiger partial charge is 0 e. The molecule has 0 heterocycles. The Balaban J connectivity index is 0. The van der Waals surface area contributed by atoms with E-state index in [1.165, 1.54) is 0 Å². The quantitative estimate of drug-likeness (QED) is 0.479. The molecule has 0 bridgehead atoms. The Morgan fingerprint density at radius 2 is 1.00 bits per heavy atom. The summed E-state index contributed by atoms with van der Waals surface area (Å²) in [7, 11) is 0. The van der Waals surface area contributed by atoms with Crippen molar-refractivity contribution in [1.82, 2.24) is 0 Å². The maximum absolute atomic E-state index is 0. The van der Waals surface area contributed by atoms with Crippen LogP contribution in [0.15, 0.2) is 0 Å². The van der Waals surface area contributed by atoms with Gasteiger partial charge in [-0.1, -0.05) is 0 Å². The molecule has 0 nitrogen and oxygen atoms in total. The Morgan fingerprint density at radius 1 is 1.00 bits per heavy atom. The van der Waals surface area contributed by atoms with Crippen LogP contribution < -0.4 is 0 Å². The van der Waals surface area contributed by atoms with Gasteiger partial charge in [0.2, 0.25) is 0 Å². The average Bonchev–Trinajstić information content (AvgIpc) is 0. The Labute approximate surface area is 65.2 Å². The van der Waals surface area contributed by atoms with Gasteiger partial charge in [0.25, 0.3) is 0 Å². The molecule has 0 amide bonds. The molecule has 4 heavy (non-hydrogen) atoms. The molecule has 0 N–H and O–H groups in total. The predicted octanol–water partition coefficient (Wildman–Crippen LogP) is -0.388. The molecule has 4 heteroatoms. The first-order chi connectivity index (χ1) is 0. The molecule has 0 saturated carbocycles. The molecule has 0 aromatic heterocycles. The zero-order valence-electron chi connectivity index (χ0n) is 1.90. The molecule has 0 saturated heterocycles. The van der Waals surface area contributed by atoms with E-state index in [0.29, 0.717) is 0 Å². The first kappa shape index (κ1) is 39.1. The largest absolute Gasteiger partial charge is 0 e. The van der Waals surface area contributed by atoms with Crippen molar-refractivity contribution in [3.8, 4) is 0 Å². The van der Waals surface area contributed by atoms with Gasteiger partial charge in [0, 0.05) is 65.6 Å². The summed E-state index contributed by atoms with van der Waals surface area (Å²) >= 11 is 0. The van der Waals surface area contributed by atoms with Gasteiger partial charge < -0.3 is 0 Å². The second-order valence-corrected chi connectivity index (χ2v) is 0. The van der Waals surface area contributed by atoms with Gasteiger partial charge in [0.1, 0.15) is 0 Å². The monoisotopic (exact) mass is 214 g/mol. The summed E-state index contributed by atoms with van der Waals surface area (Å²) in [5.41, 5.74) is 0. The number of rotatable bonds is 0. The predicted molar refractivity (Wildman–Crippen MR) is 5.75 cm³/mol. The maximum Gasteiger partial charge on any atom is 0 e. The van der Waals surface area contributed by atoms with E-state index < -0.39 is 0 Å². The summed E-state index contributed by atoms with van der Waals surface area (Å²) < 4.78 is 0. The molecule has 0 aromatic carbocycles. The molecular weight excluding hydrogens is 212 g/mol. The SMILES string of the molecule is [Be].[Cr].[Mn].[Mo]. The van der Waals surface area contributed by atoms with Crippen molar-refractivity contribution in [2.75, 3.05) is 0 Å². The van der Waals surface area contributed by atoms with Gasteiger partial charge in [-0.2, -0.15) is 0 Å². The van der Waals surface area contributed by atoms with Gasteiger partial charge in [0.15, 0.2) is 0 Å². The van der Waals surface area contributed by atoms with Gasteiger partial charge in [-0.3, -0.25) is 0 Å². The fourth-order valence-corrected chi connectivity index (χ4v) is 0. The standard InChI is InChI=1S/Be.Cr.Mn.Mo. The van der Waals surface area contributed by atoms with Crippen molar-refractivity contribution >= 4 is 10.1 Å². The van der Waals surface area contributed by atoms with Crippen LogP contribution in [0.2, 0.25) is 0 Å². The van der Waals surface area contributed by atoms with E-state index in [-0.39, 0.29) is 65.6 Å². The van der Waals surface area contributed by atoms with Crippen molar-refractivity contribution in [3.05, 3.63) is 0 Å². The van der Waals surface area contributed by atoms with Crippen LogP contribution in [0.25, 0.3) is 0 Å². The molecule has 21 valence electrons. The number of hydrogen-bond donors (Lipinski definition) is 0. The summed E-state index contributed by atoms with van der Waals surface area (Å²) in [4.78, 5) is 0. The third-order valence-corrected chi connectivity index (χ3v) is 0. The van der Waals surface area contributed by atoms with Gasteiger partial charge in [0.05, 0.1) is 0 Å². The van der Waals surface area contributed by atoms with E-state index in [4.69, 9.17) is 0 Å². The normalized spacial score (nSPS) is 0. The van der Waals surface area contributed by atoms with E-state index in [1.807, 2.05) is 0 Å². The summed E-state index contributed by atoms with van der Waals surface area (Å²) in [6.45, 7) is 0.